The number of aromatic nitrogens is 2. The molecule has 1 N–H and O–H groups in total. The summed E-state index contributed by atoms with van der Waals surface area (Å²) in [6, 6.07) is 27.2. The van der Waals surface area contributed by atoms with Gasteiger partial charge in [0.15, 0.2) is 0 Å². The molecule has 0 saturated carbocycles. The molecule has 148 valence electrons. The van der Waals surface area contributed by atoms with Crippen LogP contribution in [-0.4, -0.2) is 15.7 Å². The van der Waals surface area contributed by atoms with Crippen molar-refractivity contribution in [2.45, 2.75) is 6.54 Å². The number of rotatable bonds is 6. The van der Waals surface area contributed by atoms with Crippen LogP contribution in [-0.2, 0) is 11.3 Å². The Kier molecular flexibility index (Phi) is 6.06. The predicted octanol–water partition coefficient (Wildman–Crippen LogP) is 5.52. The van der Waals surface area contributed by atoms with Crippen molar-refractivity contribution in [3.8, 4) is 16.9 Å². The number of hydrogen-bond donors (Lipinski definition) is 1. The van der Waals surface area contributed by atoms with Gasteiger partial charge in [0.2, 0.25) is 5.91 Å². The number of nitrogens with one attached hydrogen (secondary N) is 1. The van der Waals surface area contributed by atoms with E-state index in [-0.39, 0.29) is 5.91 Å². The lowest BCUT2D eigenvalue weighted by molar-refractivity contribution is -0.116. The number of hydrogen-bond acceptors (Lipinski definition) is 2. The maximum atomic E-state index is 12.3. The molecule has 0 fully saturated rings. The van der Waals surface area contributed by atoms with Gasteiger partial charge in [0.1, 0.15) is 0 Å². The van der Waals surface area contributed by atoms with Crippen LogP contribution in [0.25, 0.3) is 23.0 Å². The van der Waals surface area contributed by atoms with Crippen molar-refractivity contribution in [2.24, 2.45) is 0 Å². The van der Waals surface area contributed by atoms with E-state index in [4.69, 9.17) is 16.7 Å². The molecule has 1 heterocycles. The highest BCUT2D eigenvalue weighted by Crippen LogP contribution is 2.26. The molecule has 0 spiro atoms. The van der Waals surface area contributed by atoms with Crippen LogP contribution >= 0.6 is 11.6 Å². The summed E-state index contributed by atoms with van der Waals surface area (Å²) >= 11 is 6.04. The van der Waals surface area contributed by atoms with Crippen LogP contribution in [0.5, 0.6) is 0 Å². The summed E-state index contributed by atoms with van der Waals surface area (Å²) in [6.45, 7) is 0.483. The van der Waals surface area contributed by atoms with Crippen molar-refractivity contribution < 1.29 is 4.79 Å². The SMILES string of the molecule is O=C(C=Cc1cn(-c2ccccc2)nc1-c1ccc(Cl)cc1)NCc1ccccc1. The standard InChI is InChI=1S/C25H20ClN3O/c26-22-14-11-20(12-15-22)25-21(18-29(28-25)23-9-5-2-6-10-23)13-16-24(30)27-17-19-7-3-1-4-8-19/h1-16,18H,17H2,(H,27,30). The van der Waals surface area contributed by atoms with Crippen LogP contribution in [0.4, 0.5) is 0 Å². The largest absolute Gasteiger partial charge is 0.348 e. The summed E-state index contributed by atoms with van der Waals surface area (Å²) in [5.41, 5.74) is 4.55. The zero-order chi connectivity index (χ0) is 20.8. The molecule has 0 aliphatic rings. The minimum Gasteiger partial charge on any atom is -0.348 e. The summed E-state index contributed by atoms with van der Waals surface area (Å²) in [5, 5.41) is 8.31. The third-order valence-corrected chi connectivity index (χ3v) is 4.86. The molecule has 0 aliphatic heterocycles. The number of benzene rings is 3. The van der Waals surface area contributed by atoms with Gasteiger partial charge in [0, 0.05) is 35.0 Å². The van der Waals surface area contributed by atoms with E-state index in [1.54, 1.807) is 6.08 Å². The molecule has 1 amide bonds. The highest BCUT2D eigenvalue weighted by molar-refractivity contribution is 6.30. The molecule has 30 heavy (non-hydrogen) atoms. The van der Waals surface area contributed by atoms with Gasteiger partial charge in [-0.3, -0.25) is 4.79 Å². The fourth-order valence-electron chi connectivity index (χ4n) is 3.06. The second-order valence-electron chi connectivity index (χ2n) is 6.76. The highest BCUT2D eigenvalue weighted by Gasteiger charge is 2.11. The van der Waals surface area contributed by atoms with E-state index in [0.717, 1.165) is 28.1 Å². The van der Waals surface area contributed by atoms with Crippen LogP contribution in [0.15, 0.2) is 97.2 Å². The summed E-state index contributed by atoms with van der Waals surface area (Å²) in [5.74, 6) is -0.159. The summed E-state index contributed by atoms with van der Waals surface area (Å²) in [7, 11) is 0. The molecular formula is C25H20ClN3O. The van der Waals surface area contributed by atoms with Gasteiger partial charge in [-0.05, 0) is 35.9 Å². The zero-order valence-electron chi connectivity index (χ0n) is 16.2. The monoisotopic (exact) mass is 413 g/mol. The molecule has 0 unspecified atom stereocenters. The van der Waals surface area contributed by atoms with E-state index < -0.39 is 0 Å². The van der Waals surface area contributed by atoms with E-state index in [0.29, 0.717) is 11.6 Å². The van der Waals surface area contributed by atoms with Crippen LogP contribution in [0.1, 0.15) is 11.1 Å². The van der Waals surface area contributed by atoms with E-state index in [1.165, 1.54) is 6.08 Å². The molecule has 1 aromatic heterocycles. The second kappa shape index (κ2) is 9.25. The zero-order valence-corrected chi connectivity index (χ0v) is 17.0. The van der Waals surface area contributed by atoms with Gasteiger partial charge in [-0.2, -0.15) is 5.10 Å². The van der Waals surface area contributed by atoms with Crippen molar-refractivity contribution in [2.75, 3.05) is 0 Å². The average molecular weight is 414 g/mol. The highest BCUT2D eigenvalue weighted by atomic mass is 35.5. The molecule has 3 aromatic carbocycles. The lowest BCUT2D eigenvalue weighted by Crippen LogP contribution is -2.20. The van der Waals surface area contributed by atoms with Crippen molar-refractivity contribution in [1.82, 2.24) is 15.1 Å². The average Bonchev–Trinajstić information content (AvgIpc) is 3.22. The smallest absolute Gasteiger partial charge is 0.244 e. The van der Waals surface area contributed by atoms with Gasteiger partial charge in [0.05, 0.1) is 11.4 Å². The normalized spacial score (nSPS) is 11.0. The summed E-state index contributed by atoms with van der Waals surface area (Å²) in [6.07, 6.45) is 5.24. The Hall–Kier alpha value is -3.63. The molecule has 4 nitrogen and oxygen atoms in total. The molecule has 0 bridgehead atoms. The van der Waals surface area contributed by atoms with Gasteiger partial charge in [-0.25, -0.2) is 4.68 Å². The van der Waals surface area contributed by atoms with E-state index >= 15 is 0 Å². The maximum absolute atomic E-state index is 12.3. The third-order valence-electron chi connectivity index (χ3n) is 4.60. The fourth-order valence-corrected chi connectivity index (χ4v) is 3.19. The van der Waals surface area contributed by atoms with Crippen LogP contribution in [0.3, 0.4) is 0 Å². The summed E-state index contributed by atoms with van der Waals surface area (Å²) in [4.78, 5) is 12.3. The Morgan fingerprint density at radius 1 is 0.933 bits per heavy atom. The number of halogens is 1. The van der Waals surface area contributed by atoms with Crippen molar-refractivity contribution in [3.63, 3.8) is 0 Å². The molecule has 4 rings (SSSR count). The first kappa shape index (κ1) is 19.7. The Balaban J connectivity index is 1.59. The number of carbonyl (C=O) groups excluding carboxylic acids is 1. The van der Waals surface area contributed by atoms with Crippen LogP contribution in [0, 0.1) is 0 Å². The number of amides is 1. The lowest BCUT2D eigenvalue weighted by atomic mass is 10.1. The Labute approximate surface area is 180 Å². The molecule has 0 saturated heterocycles. The van der Waals surface area contributed by atoms with Gasteiger partial charge in [-0.15, -0.1) is 0 Å². The van der Waals surface area contributed by atoms with Gasteiger partial charge in [-0.1, -0.05) is 72.3 Å². The van der Waals surface area contributed by atoms with Crippen molar-refractivity contribution >= 4 is 23.6 Å². The molecular weight excluding hydrogens is 394 g/mol. The van der Waals surface area contributed by atoms with Crippen LogP contribution < -0.4 is 5.32 Å². The molecule has 0 radical (unpaired) electrons. The first-order valence-electron chi connectivity index (χ1n) is 9.60. The van der Waals surface area contributed by atoms with E-state index in [2.05, 4.69) is 5.32 Å². The van der Waals surface area contributed by atoms with Gasteiger partial charge in [0.25, 0.3) is 0 Å². The maximum Gasteiger partial charge on any atom is 0.244 e. The molecule has 5 heteroatoms. The summed E-state index contributed by atoms with van der Waals surface area (Å²) < 4.78 is 1.81. The number of nitrogens with zero attached hydrogens (tertiary/aromatic N) is 2. The topological polar surface area (TPSA) is 46.9 Å². The Morgan fingerprint density at radius 2 is 1.60 bits per heavy atom. The lowest BCUT2D eigenvalue weighted by Gasteiger charge is -2.02. The molecule has 4 aromatic rings. The van der Waals surface area contributed by atoms with Crippen LogP contribution in [0.2, 0.25) is 5.02 Å². The minimum atomic E-state index is -0.159. The molecule has 0 aliphatic carbocycles. The minimum absolute atomic E-state index is 0.159. The third kappa shape index (κ3) is 4.85. The van der Waals surface area contributed by atoms with Crippen molar-refractivity contribution in [1.29, 1.82) is 0 Å². The predicted molar refractivity (Wildman–Crippen MR) is 121 cm³/mol. The Morgan fingerprint density at radius 3 is 2.30 bits per heavy atom. The number of para-hydroxylation sites is 1. The molecule has 0 atom stereocenters. The van der Waals surface area contributed by atoms with Gasteiger partial charge < -0.3 is 5.32 Å². The van der Waals surface area contributed by atoms with Crippen molar-refractivity contribution in [3.05, 3.63) is 113 Å². The Bertz CT molecular complexity index is 1150. The van der Waals surface area contributed by atoms with E-state index in [9.17, 15) is 4.79 Å². The fraction of sp³-hybridized carbons (Fsp3) is 0.0400. The first-order valence-corrected chi connectivity index (χ1v) is 9.98. The first-order chi connectivity index (χ1) is 14.7. The van der Waals surface area contributed by atoms with Gasteiger partial charge >= 0.3 is 0 Å². The van der Waals surface area contributed by atoms with E-state index in [1.807, 2.05) is 95.8 Å². The number of carbonyl (C=O) groups is 1. The quantitative estimate of drug-likeness (QED) is 0.423. The second-order valence-corrected chi connectivity index (χ2v) is 7.19.